The fourth-order valence-electron chi connectivity index (χ4n) is 3.32. The van der Waals surface area contributed by atoms with E-state index in [1.165, 1.54) is 26.0 Å². The van der Waals surface area contributed by atoms with Gasteiger partial charge in [-0.1, -0.05) is 6.07 Å². The number of benzene rings is 1. The van der Waals surface area contributed by atoms with Gasteiger partial charge in [0.05, 0.1) is 11.4 Å². The molecule has 32 heavy (non-hydrogen) atoms. The minimum absolute atomic E-state index is 0.270. The number of amides is 1. The largest absolute Gasteiger partial charge is 0.444 e. The molecule has 2 aliphatic rings. The number of carbonyl (C=O) groups is 3. The first kappa shape index (κ1) is 23.4. The molecule has 1 amide bonds. The highest BCUT2D eigenvalue weighted by Crippen LogP contribution is 2.31. The predicted molar refractivity (Wildman–Crippen MR) is 114 cm³/mol. The summed E-state index contributed by atoms with van der Waals surface area (Å²) in [6.07, 6.45) is 0.737. The van der Waals surface area contributed by atoms with Crippen molar-refractivity contribution < 1.29 is 33.0 Å². The summed E-state index contributed by atoms with van der Waals surface area (Å²) in [7, 11) is 0. The number of cyclic esters (lactones) is 2. The highest BCUT2D eigenvalue weighted by molar-refractivity contribution is 6.15. The van der Waals surface area contributed by atoms with Crippen LogP contribution in [0, 0.1) is 5.82 Å². The second kappa shape index (κ2) is 8.68. The number of carbonyl (C=O) groups excluding carboxylic acids is 3. The van der Waals surface area contributed by atoms with Gasteiger partial charge in [-0.15, -0.1) is 0 Å². The molecule has 1 aromatic carbocycles. The van der Waals surface area contributed by atoms with Crippen LogP contribution in [-0.2, 0) is 23.8 Å². The van der Waals surface area contributed by atoms with E-state index in [9.17, 15) is 18.8 Å². The molecule has 2 heterocycles. The molecule has 0 bridgehead atoms. The predicted octanol–water partition coefficient (Wildman–Crippen LogP) is 3.01. The Morgan fingerprint density at radius 3 is 2.28 bits per heavy atom. The molecule has 0 spiro atoms. The number of hydrogen-bond acceptors (Lipinski definition) is 8. The van der Waals surface area contributed by atoms with Crippen LogP contribution in [0.1, 0.15) is 34.6 Å². The molecule has 174 valence electrons. The van der Waals surface area contributed by atoms with Crippen molar-refractivity contribution in [2.45, 2.75) is 46.0 Å². The summed E-state index contributed by atoms with van der Waals surface area (Å²) in [6.45, 7) is 9.77. The lowest BCUT2D eigenvalue weighted by atomic mass is 10.2. The Hall–Kier alpha value is -3.30. The normalized spacial score (nSPS) is 18.6. The Labute approximate surface area is 186 Å². The van der Waals surface area contributed by atoms with Crippen molar-refractivity contribution in [1.82, 2.24) is 4.90 Å². The van der Waals surface area contributed by atoms with Crippen LogP contribution >= 0.6 is 0 Å². The molecule has 0 radical (unpaired) electrons. The third-order valence-corrected chi connectivity index (χ3v) is 4.72. The standard InChI is InChI=1S/C22H28FN3O6/c1-21(2,3)32-20(29)26-11-9-25(10-12-26)17-15(23)7-6-8-16(17)24-13-14-18(27)30-22(4,5)31-19(14)28/h6-8,13,24H,9-12H2,1-5H3. The lowest BCUT2D eigenvalue weighted by molar-refractivity contribution is -0.222. The zero-order chi connectivity index (χ0) is 23.7. The van der Waals surface area contributed by atoms with Gasteiger partial charge in [-0.05, 0) is 32.9 Å². The van der Waals surface area contributed by atoms with Crippen molar-refractivity contribution >= 4 is 29.4 Å². The molecular weight excluding hydrogens is 421 g/mol. The average Bonchev–Trinajstić information content (AvgIpc) is 2.65. The number of piperazine rings is 1. The van der Waals surface area contributed by atoms with E-state index < -0.39 is 35.2 Å². The molecule has 0 aliphatic carbocycles. The van der Waals surface area contributed by atoms with Gasteiger partial charge < -0.3 is 29.3 Å². The molecule has 1 aromatic rings. The lowest BCUT2D eigenvalue weighted by Crippen LogP contribution is -2.50. The monoisotopic (exact) mass is 449 g/mol. The Morgan fingerprint density at radius 1 is 1.12 bits per heavy atom. The number of rotatable bonds is 3. The molecule has 0 unspecified atom stereocenters. The molecule has 3 rings (SSSR count). The summed E-state index contributed by atoms with van der Waals surface area (Å²) in [5.41, 5.74) is -0.296. The van der Waals surface area contributed by atoms with Crippen molar-refractivity contribution in [2.75, 3.05) is 36.4 Å². The zero-order valence-electron chi connectivity index (χ0n) is 18.9. The molecule has 0 aromatic heterocycles. The highest BCUT2D eigenvalue weighted by Gasteiger charge is 2.39. The molecule has 10 heteroatoms. The quantitative estimate of drug-likeness (QED) is 0.427. The van der Waals surface area contributed by atoms with Crippen molar-refractivity contribution in [3.05, 3.63) is 35.8 Å². The number of anilines is 2. The minimum Gasteiger partial charge on any atom is -0.444 e. The molecule has 1 N–H and O–H groups in total. The van der Waals surface area contributed by atoms with E-state index in [0.717, 1.165) is 6.20 Å². The van der Waals surface area contributed by atoms with E-state index in [2.05, 4.69) is 5.32 Å². The molecule has 0 atom stereocenters. The molecule has 2 fully saturated rings. The topological polar surface area (TPSA) is 97.4 Å². The van der Waals surface area contributed by atoms with Gasteiger partial charge in [-0.2, -0.15) is 0 Å². The SMILES string of the molecule is CC(C)(C)OC(=O)N1CCN(c2c(F)cccc2NC=C2C(=O)OC(C)(C)OC2=O)CC1. The fraction of sp³-hybridized carbons (Fsp3) is 0.500. The maximum Gasteiger partial charge on any atom is 0.410 e. The maximum absolute atomic E-state index is 14.7. The van der Waals surface area contributed by atoms with Gasteiger partial charge in [0.15, 0.2) is 5.57 Å². The van der Waals surface area contributed by atoms with Crippen LogP contribution in [-0.4, -0.2) is 60.5 Å². The molecule has 2 aliphatic heterocycles. The van der Waals surface area contributed by atoms with Crippen LogP contribution in [0.2, 0.25) is 0 Å². The van der Waals surface area contributed by atoms with E-state index >= 15 is 0 Å². The van der Waals surface area contributed by atoms with Gasteiger partial charge in [0.25, 0.3) is 5.79 Å². The molecule has 9 nitrogen and oxygen atoms in total. The maximum atomic E-state index is 14.7. The first-order valence-electron chi connectivity index (χ1n) is 10.3. The first-order valence-corrected chi connectivity index (χ1v) is 10.3. The Bertz CT molecular complexity index is 923. The number of para-hydroxylation sites is 1. The van der Waals surface area contributed by atoms with E-state index in [0.29, 0.717) is 31.9 Å². The van der Waals surface area contributed by atoms with Crippen LogP contribution in [0.3, 0.4) is 0 Å². The Kier molecular flexibility index (Phi) is 6.34. The van der Waals surface area contributed by atoms with Crippen molar-refractivity contribution in [1.29, 1.82) is 0 Å². The number of halogens is 1. The second-order valence-electron chi connectivity index (χ2n) is 8.97. The summed E-state index contributed by atoms with van der Waals surface area (Å²) in [6, 6.07) is 4.45. The lowest BCUT2D eigenvalue weighted by Gasteiger charge is -2.37. The summed E-state index contributed by atoms with van der Waals surface area (Å²) in [4.78, 5) is 39.9. The minimum atomic E-state index is -1.34. The zero-order valence-corrected chi connectivity index (χ0v) is 18.9. The van der Waals surface area contributed by atoms with Crippen molar-refractivity contribution in [3.8, 4) is 0 Å². The molecule has 0 saturated carbocycles. The van der Waals surface area contributed by atoms with Crippen molar-refractivity contribution in [2.24, 2.45) is 0 Å². The van der Waals surface area contributed by atoms with Crippen molar-refractivity contribution in [3.63, 3.8) is 0 Å². The van der Waals surface area contributed by atoms with Gasteiger partial charge >= 0.3 is 18.0 Å². The number of hydrogen-bond donors (Lipinski definition) is 1. The molecule has 2 saturated heterocycles. The van der Waals surface area contributed by atoms with E-state index in [4.69, 9.17) is 14.2 Å². The van der Waals surface area contributed by atoms with Crippen LogP contribution < -0.4 is 10.2 Å². The van der Waals surface area contributed by atoms with Crippen LogP contribution in [0.4, 0.5) is 20.6 Å². The van der Waals surface area contributed by atoms with Crippen LogP contribution in [0.25, 0.3) is 0 Å². The summed E-state index contributed by atoms with van der Waals surface area (Å²) >= 11 is 0. The second-order valence-corrected chi connectivity index (χ2v) is 8.97. The Balaban J connectivity index is 1.73. The van der Waals surface area contributed by atoms with Gasteiger partial charge in [0.1, 0.15) is 11.4 Å². The fourth-order valence-corrected chi connectivity index (χ4v) is 3.32. The first-order chi connectivity index (χ1) is 14.9. The third kappa shape index (κ3) is 5.49. The van der Waals surface area contributed by atoms with Gasteiger partial charge in [-0.25, -0.2) is 18.8 Å². The van der Waals surface area contributed by atoms with Gasteiger partial charge in [-0.3, -0.25) is 0 Å². The van der Waals surface area contributed by atoms with Crippen LogP contribution in [0.15, 0.2) is 30.0 Å². The molecular formula is C22H28FN3O6. The van der Waals surface area contributed by atoms with E-state index in [-0.39, 0.29) is 11.3 Å². The van der Waals surface area contributed by atoms with E-state index in [1.807, 2.05) is 0 Å². The summed E-state index contributed by atoms with van der Waals surface area (Å²) in [5.74, 6) is -3.48. The number of esters is 2. The summed E-state index contributed by atoms with van der Waals surface area (Å²) < 4.78 is 30.3. The van der Waals surface area contributed by atoms with Crippen LogP contribution in [0.5, 0.6) is 0 Å². The Morgan fingerprint density at radius 2 is 1.72 bits per heavy atom. The number of nitrogens with zero attached hydrogens (tertiary/aromatic N) is 2. The number of ether oxygens (including phenoxy) is 3. The number of nitrogens with one attached hydrogen (secondary N) is 1. The third-order valence-electron chi connectivity index (χ3n) is 4.72. The van der Waals surface area contributed by atoms with Gasteiger partial charge in [0.2, 0.25) is 0 Å². The highest BCUT2D eigenvalue weighted by atomic mass is 19.1. The summed E-state index contributed by atoms with van der Waals surface area (Å²) in [5, 5.41) is 2.82. The van der Waals surface area contributed by atoms with Gasteiger partial charge in [0, 0.05) is 46.2 Å². The smallest absolute Gasteiger partial charge is 0.410 e. The van der Waals surface area contributed by atoms with E-state index in [1.54, 1.807) is 36.6 Å². The average molecular weight is 449 g/mol.